The molecule has 2 aromatic rings. The van der Waals surface area contributed by atoms with Gasteiger partial charge in [0.15, 0.2) is 6.61 Å². The van der Waals surface area contributed by atoms with Gasteiger partial charge in [-0.2, -0.15) is 0 Å². The third-order valence-electron chi connectivity index (χ3n) is 4.45. The summed E-state index contributed by atoms with van der Waals surface area (Å²) < 4.78 is 7.34. The van der Waals surface area contributed by atoms with Gasteiger partial charge in [-0.3, -0.25) is 4.79 Å². The van der Waals surface area contributed by atoms with Gasteiger partial charge in [-0.05, 0) is 41.3 Å². The van der Waals surface area contributed by atoms with Gasteiger partial charge in [0.05, 0.1) is 0 Å². The maximum atomic E-state index is 12.2. The van der Waals surface area contributed by atoms with Crippen LogP contribution in [0.4, 0.5) is 5.95 Å². The van der Waals surface area contributed by atoms with E-state index in [0.29, 0.717) is 0 Å². The number of hydrogen-bond acceptors (Lipinski definition) is 6. The molecule has 1 aromatic heterocycles. The lowest BCUT2D eigenvalue weighted by atomic mass is 10.1. The molecule has 1 fully saturated rings. The van der Waals surface area contributed by atoms with E-state index in [9.17, 15) is 4.79 Å². The topological polar surface area (TPSA) is 85.2 Å². The molecule has 0 radical (unpaired) electrons. The van der Waals surface area contributed by atoms with Crippen molar-refractivity contribution < 1.29 is 9.53 Å². The highest BCUT2D eigenvalue weighted by molar-refractivity contribution is 5.77. The molecular weight excluding hydrogens is 320 g/mol. The van der Waals surface area contributed by atoms with Crippen molar-refractivity contribution in [1.29, 1.82) is 0 Å². The summed E-state index contributed by atoms with van der Waals surface area (Å²) in [4.78, 5) is 14.3. The first-order valence-electron chi connectivity index (χ1n) is 8.64. The largest absolute Gasteiger partial charge is 0.483 e. The van der Waals surface area contributed by atoms with Crippen molar-refractivity contribution in [3.05, 3.63) is 29.8 Å². The quantitative estimate of drug-likeness (QED) is 0.839. The number of anilines is 1. The zero-order valence-corrected chi connectivity index (χ0v) is 14.7. The third kappa shape index (κ3) is 4.26. The highest BCUT2D eigenvalue weighted by Crippen LogP contribution is 2.18. The van der Waals surface area contributed by atoms with E-state index in [1.54, 1.807) is 4.68 Å². The number of carbonyl (C=O) groups is 1. The molecule has 8 nitrogen and oxygen atoms in total. The second-order valence-corrected chi connectivity index (χ2v) is 6.18. The van der Waals surface area contributed by atoms with Crippen LogP contribution in [0.25, 0.3) is 0 Å². The van der Waals surface area contributed by atoms with Gasteiger partial charge in [0.2, 0.25) is 5.95 Å². The van der Waals surface area contributed by atoms with Gasteiger partial charge < -0.3 is 15.0 Å². The average molecular weight is 344 g/mol. The maximum Gasteiger partial charge on any atom is 0.258 e. The smallest absolute Gasteiger partial charge is 0.258 e. The van der Waals surface area contributed by atoms with Crippen LogP contribution >= 0.6 is 0 Å². The highest BCUT2D eigenvalue weighted by atomic mass is 16.5. The second-order valence-electron chi connectivity index (χ2n) is 6.18. The van der Waals surface area contributed by atoms with Crippen molar-refractivity contribution in [2.24, 2.45) is 7.05 Å². The second kappa shape index (κ2) is 7.96. The Morgan fingerprint density at radius 2 is 2.08 bits per heavy atom. The van der Waals surface area contributed by atoms with Crippen LogP contribution in [0, 0.1) is 0 Å². The summed E-state index contributed by atoms with van der Waals surface area (Å²) in [5, 5.41) is 14.6. The molecule has 0 unspecified atom stereocenters. The molecule has 1 aliphatic rings. The molecule has 2 heterocycles. The van der Waals surface area contributed by atoms with Crippen LogP contribution in [0.3, 0.4) is 0 Å². The Kier molecular flexibility index (Phi) is 5.47. The summed E-state index contributed by atoms with van der Waals surface area (Å²) in [6.45, 7) is 3.75. The molecule has 1 amide bonds. The maximum absolute atomic E-state index is 12.2. The molecule has 0 aliphatic carbocycles. The summed E-state index contributed by atoms with van der Waals surface area (Å²) in [5.41, 5.74) is 1.11. The molecular formula is C17H24N6O2. The molecule has 8 heteroatoms. The lowest BCUT2D eigenvalue weighted by Crippen LogP contribution is -2.46. The number of rotatable bonds is 6. The Balaban J connectivity index is 1.44. The Hall–Kier alpha value is -2.64. The zero-order valence-electron chi connectivity index (χ0n) is 14.7. The van der Waals surface area contributed by atoms with Gasteiger partial charge in [-0.25, -0.2) is 4.68 Å². The van der Waals surface area contributed by atoms with E-state index in [-0.39, 0.29) is 18.6 Å². The number of ether oxygens (including phenoxy) is 1. The van der Waals surface area contributed by atoms with E-state index >= 15 is 0 Å². The Morgan fingerprint density at radius 3 is 2.76 bits per heavy atom. The number of para-hydroxylation sites is 1. The van der Waals surface area contributed by atoms with Crippen LogP contribution in [0.15, 0.2) is 24.3 Å². The summed E-state index contributed by atoms with van der Waals surface area (Å²) in [7, 11) is 1.83. The minimum Gasteiger partial charge on any atom is -0.483 e. The number of carbonyl (C=O) groups excluding carboxylic acids is 1. The minimum absolute atomic E-state index is 0.0461. The number of piperidine rings is 1. The fraction of sp³-hybridized carbons (Fsp3) is 0.529. The molecule has 25 heavy (non-hydrogen) atoms. The van der Waals surface area contributed by atoms with Crippen LogP contribution in [0.1, 0.15) is 25.3 Å². The SMILES string of the molecule is CCc1ccccc1OCC(=O)NC1CCN(c2nnnn2C)CC1. The number of amides is 1. The number of nitrogens with zero attached hydrogens (tertiary/aromatic N) is 5. The monoisotopic (exact) mass is 344 g/mol. The molecule has 1 aromatic carbocycles. The van der Waals surface area contributed by atoms with Crippen LogP contribution in [0.5, 0.6) is 5.75 Å². The van der Waals surface area contributed by atoms with Crippen molar-refractivity contribution in [2.45, 2.75) is 32.2 Å². The van der Waals surface area contributed by atoms with Gasteiger partial charge in [-0.1, -0.05) is 30.2 Å². The van der Waals surface area contributed by atoms with E-state index in [4.69, 9.17) is 4.74 Å². The molecule has 1 aliphatic heterocycles. The first-order valence-corrected chi connectivity index (χ1v) is 8.64. The van der Waals surface area contributed by atoms with Crippen molar-refractivity contribution in [2.75, 3.05) is 24.6 Å². The summed E-state index contributed by atoms with van der Waals surface area (Å²) in [5.74, 6) is 1.47. The Labute approximate surface area is 147 Å². The molecule has 3 rings (SSSR count). The average Bonchev–Trinajstić information content (AvgIpc) is 3.07. The van der Waals surface area contributed by atoms with Gasteiger partial charge in [0, 0.05) is 26.2 Å². The number of hydrogen-bond donors (Lipinski definition) is 1. The Morgan fingerprint density at radius 1 is 1.32 bits per heavy atom. The minimum atomic E-state index is -0.0790. The van der Waals surface area contributed by atoms with Crippen molar-refractivity contribution in [3.63, 3.8) is 0 Å². The number of tetrazole rings is 1. The predicted molar refractivity (Wildman–Crippen MR) is 93.5 cm³/mol. The van der Waals surface area contributed by atoms with Crippen LogP contribution in [-0.4, -0.2) is 51.9 Å². The van der Waals surface area contributed by atoms with Gasteiger partial charge in [-0.15, -0.1) is 0 Å². The van der Waals surface area contributed by atoms with Gasteiger partial charge >= 0.3 is 0 Å². The van der Waals surface area contributed by atoms with Crippen molar-refractivity contribution >= 4 is 11.9 Å². The normalized spacial score (nSPS) is 15.2. The summed E-state index contributed by atoms with van der Waals surface area (Å²) in [6.07, 6.45) is 2.61. The molecule has 0 saturated carbocycles. The van der Waals surface area contributed by atoms with E-state index < -0.39 is 0 Å². The zero-order chi connectivity index (χ0) is 17.6. The first kappa shape index (κ1) is 17.2. The van der Waals surface area contributed by atoms with Crippen LogP contribution < -0.4 is 15.0 Å². The third-order valence-corrected chi connectivity index (χ3v) is 4.45. The predicted octanol–water partition coefficient (Wildman–Crippen LogP) is 0.936. The van der Waals surface area contributed by atoms with Gasteiger partial charge in [0.1, 0.15) is 5.75 Å². The summed E-state index contributed by atoms with van der Waals surface area (Å²) in [6, 6.07) is 7.98. The highest BCUT2D eigenvalue weighted by Gasteiger charge is 2.23. The standard InChI is InChI=1S/C17H24N6O2/c1-3-13-6-4-5-7-15(13)25-12-16(24)18-14-8-10-23(11-9-14)17-19-20-21-22(17)2/h4-7,14H,3,8-12H2,1-2H3,(H,18,24). The van der Waals surface area contributed by atoms with E-state index in [0.717, 1.165) is 49.6 Å². The number of aromatic nitrogens is 4. The lowest BCUT2D eigenvalue weighted by Gasteiger charge is -2.32. The van der Waals surface area contributed by atoms with Crippen molar-refractivity contribution in [3.8, 4) is 5.75 Å². The Bertz CT molecular complexity index is 709. The summed E-state index contributed by atoms with van der Waals surface area (Å²) >= 11 is 0. The fourth-order valence-corrected chi connectivity index (χ4v) is 3.07. The van der Waals surface area contributed by atoms with E-state index in [1.165, 1.54) is 0 Å². The molecule has 1 N–H and O–H groups in total. The fourth-order valence-electron chi connectivity index (χ4n) is 3.07. The van der Waals surface area contributed by atoms with E-state index in [2.05, 4.69) is 32.7 Å². The first-order chi connectivity index (χ1) is 12.2. The van der Waals surface area contributed by atoms with Crippen LogP contribution in [0.2, 0.25) is 0 Å². The van der Waals surface area contributed by atoms with Crippen LogP contribution in [-0.2, 0) is 18.3 Å². The molecule has 0 atom stereocenters. The molecule has 134 valence electrons. The number of nitrogens with one attached hydrogen (secondary N) is 1. The van der Waals surface area contributed by atoms with Crippen molar-refractivity contribution in [1.82, 2.24) is 25.5 Å². The molecule has 0 bridgehead atoms. The molecule has 0 spiro atoms. The number of aryl methyl sites for hydroxylation is 2. The lowest BCUT2D eigenvalue weighted by molar-refractivity contribution is -0.123. The van der Waals surface area contributed by atoms with E-state index in [1.807, 2.05) is 31.3 Å². The van der Waals surface area contributed by atoms with Gasteiger partial charge in [0.25, 0.3) is 5.91 Å². The number of benzene rings is 1. The molecule has 1 saturated heterocycles.